The number of rotatable bonds is 5. The summed E-state index contributed by atoms with van der Waals surface area (Å²) in [6.45, 7) is 1.74. The molecular formula is C22H21N5O4. The Bertz CT molecular complexity index is 1120. The van der Waals surface area contributed by atoms with Crippen molar-refractivity contribution in [2.45, 2.75) is 13.0 Å². The first kappa shape index (κ1) is 20.1. The van der Waals surface area contributed by atoms with E-state index in [0.717, 1.165) is 17.5 Å². The summed E-state index contributed by atoms with van der Waals surface area (Å²) in [6, 6.07) is 15.5. The lowest BCUT2D eigenvalue weighted by atomic mass is 10.1. The van der Waals surface area contributed by atoms with Crippen LogP contribution in [0.4, 0.5) is 0 Å². The summed E-state index contributed by atoms with van der Waals surface area (Å²) >= 11 is 0. The highest BCUT2D eigenvalue weighted by molar-refractivity contribution is 6.34. The predicted molar refractivity (Wildman–Crippen MR) is 114 cm³/mol. The third-order valence-electron chi connectivity index (χ3n) is 4.59. The van der Waals surface area contributed by atoms with Crippen molar-refractivity contribution in [2.75, 3.05) is 13.2 Å². The van der Waals surface area contributed by atoms with Crippen molar-refractivity contribution in [1.82, 2.24) is 15.2 Å². The zero-order chi connectivity index (χ0) is 21.6. The maximum absolute atomic E-state index is 11.4. The molecule has 1 aliphatic heterocycles. The summed E-state index contributed by atoms with van der Waals surface area (Å²) in [5.74, 6) is -0.767. The number of nitrogens with two attached hydrogens (primary N) is 1. The molecule has 158 valence electrons. The van der Waals surface area contributed by atoms with E-state index in [2.05, 4.69) is 10.5 Å². The van der Waals surface area contributed by atoms with Crippen molar-refractivity contribution in [3.8, 4) is 22.8 Å². The average Bonchev–Trinajstić information content (AvgIpc) is 3.01. The maximum Gasteiger partial charge on any atom is 0.329 e. The molecule has 0 radical (unpaired) electrons. The normalized spacial score (nSPS) is 13.0. The van der Waals surface area contributed by atoms with Crippen LogP contribution >= 0.6 is 0 Å². The summed E-state index contributed by atoms with van der Waals surface area (Å²) in [5.41, 5.74) is 10.2. The monoisotopic (exact) mass is 419 g/mol. The molecule has 0 fully saturated rings. The minimum atomic E-state index is -1.11. The van der Waals surface area contributed by atoms with Crippen LogP contribution in [-0.4, -0.2) is 41.0 Å². The number of hydrogen-bond acceptors (Lipinski definition) is 6. The zero-order valence-electron chi connectivity index (χ0n) is 16.7. The van der Waals surface area contributed by atoms with Gasteiger partial charge in [0.2, 0.25) is 0 Å². The lowest BCUT2D eigenvalue weighted by Crippen LogP contribution is -2.32. The number of hydrogen-bond donors (Lipinski definition) is 2. The highest BCUT2D eigenvalue weighted by Gasteiger charge is 2.16. The molecule has 0 bridgehead atoms. The Balaban J connectivity index is 1.67. The van der Waals surface area contributed by atoms with Crippen LogP contribution in [0.15, 0.2) is 59.8 Å². The van der Waals surface area contributed by atoms with Gasteiger partial charge in [0.1, 0.15) is 5.69 Å². The van der Waals surface area contributed by atoms with Gasteiger partial charge < -0.3 is 15.2 Å². The van der Waals surface area contributed by atoms with E-state index in [1.54, 1.807) is 4.68 Å². The minimum absolute atomic E-state index is 0.555. The molecule has 9 nitrogen and oxygen atoms in total. The van der Waals surface area contributed by atoms with Crippen molar-refractivity contribution < 1.29 is 19.1 Å². The van der Waals surface area contributed by atoms with E-state index in [1.165, 1.54) is 6.21 Å². The van der Waals surface area contributed by atoms with E-state index in [0.29, 0.717) is 42.5 Å². The van der Waals surface area contributed by atoms with Crippen LogP contribution in [0.5, 0.6) is 11.5 Å². The fourth-order valence-corrected chi connectivity index (χ4v) is 3.13. The number of primary amides is 1. The van der Waals surface area contributed by atoms with Crippen LogP contribution in [0, 0.1) is 0 Å². The summed E-state index contributed by atoms with van der Waals surface area (Å²) < 4.78 is 13.3. The molecule has 0 atom stereocenters. The number of carbonyl (C=O) groups excluding carboxylic acids is 2. The van der Waals surface area contributed by atoms with Gasteiger partial charge >= 0.3 is 11.8 Å². The molecule has 1 aromatic heterocycles. The molecule has 0 unspecified atom stereocenters. The first-order chi connectivity index (χ1) is 15.1. The third kappa shape index (κ3) is 4.89. The van der Waals surface area contributed by atoms with Gasteiger partial charge in [-0.3, -0.25) is 14.3 Å². The van der Waals surface area contributed by atoms with E-state index >= 15 is 0 Å². The largest absolute Gasteiger partial charge is 0.490 e. The molecule has 1 aliphatic rings. The van der Waals surface area contributed by atoms with Gasteiger partial charge in [-0.2, -0.15) is 10.2 Å². The number of nitrogens with zero attached hydrogens (tertiary/aromatic N) is 3. The quantitative estimate of drug-likeness (QED) is 0.370. The molecule has 0 saturated heterocycles. The van der Waals surface area contributed by atoms with Crippen molar-refractivity contribution in [3.63, 3.8) is 0 Å². The van der Waals surface area contributed by atoms with Crippen LogP contribution in [0.3, 0.4) is 0 Å². The number of aromatic nitrogens is 2. The Labute approximate surface area is 178 Å². The Hall–Kier alpha value is -4.14. The molecule has 0 aliphatic carbocycles. The standard InChI is InChI=1S/C22H21N5O4/c23-21(28)22(29)25-24-12-17-14-27(13-15-5-2-1-3-6-15)26-20(17)16-7-8-18-19(11-16)31-10-4-9-30-18/h1-3,5-8,11-12,14H,4,9-10,13H2,(H2,23,28)(H,25,29)/b24-12-. The summed E-state index contributed by atoms with van der Waals surface area (Å²) in [6.07, 6.45) is 4.05. The van der Waals surface area contributed by atoms with Crippen molar-refractivity contribution >= 4 is 18.0 Å². The molecule has 31 heavy (non-hydrogen) atoms. The lowest BCUT2D eigenvalue weighted by molar-refractivity contribution is -0.137. The second-order valence-corrected chi connectivity index (χ2v) is 6.89. The maximum atomic E-state index is 11.4. The Morgan fingerprint density at radius 1 is 1.13 bits per heavy atom. The van der Waals surface area contributed by atoms with Gasteiger partial charge in [0.15, 0.2) is 11.5 Å². The first-order valence-electron chi connectivity index (χ1n) is 9.74. The third-order valence-corrected chi connectivity index (χ3v) is 4.59. The Kier molecular flexibility index (Phi) is 5.93. The topological polar surface area (TPSA) is 121 Å². The molecular weight excluding hydrogens is 398 g/mol. The number of amides is 2. The van der Waals surface area contributed by atoms with Crippen LogP contribution in [0.1, 0.15) is 17.5 Å². The molecule has 0 saturated carbocycles. The highest BCUT2D eigenvalue weighted by Crippen LogP contribution is 2.34. The predicted octanol–water partition coefficient (Wildman–Crippen LogP) is 1.70. The van der Waals surface area contributed by atoms with Crippen molar-refractivity contribution in [1.29, 1.82) is 0 Å². The summed E-state index contributed by atoms with van der Waals surface area (Å²) in [7, 11) is 0. The van der Waals surface area contributed by atoms with Gasteiger partial charge in [-0.25, -0.2) is 5.43 Å². The van der Waals surface area contributed by atoms with Crippen LogP contribution < -0.4 is 20.6 Å². The van der Waals surface area contributed by atoms with Crippen molar-refractivity contribution in [3.05, 3.63) is 65.9 Å². The average molecular weight is 419 g/mol. The van der Waals surface area contributed by atoms with Gasteiger partial charge in [0, 0.05) is 23.7 Å². The van der Waals surface area contributed by atoms with E-state index in [1.807, 2.05) is 54.7 Å². The number of nitrogens with one attached hydrogen (secondary N) is 1. The molecule has 3 aromatic rings. The van der Waals surface area contributed by atoms with Gasteiger partial charge in [-0.05, 0) is 23.8 Å². The molecule has 3 N–H and O–H groups in total. The number of carbonyl (C=O) groups is 2. The highest BCUT2D eigenvalue weighted by atomic mass is 16.5. The first-order valence-corrected chi connectivity index (χ1v) is 9.74. The number of hydrazone groups is 1. The van der Waals surface area contributed by atoms with Gasteiger partial charge in [0.25, 0.3) is 0 Å². The molecule has 9 heteroatoms. The second kappa shape index (κ2) is 9.12. The minimum Gasteiger partial charge on any atom is -0.490 e. The molecule has 2 heterocycles. The number of benzene rings is 2. The molecule has 2 amide bonds. The lowest BCUT2D eigenvalue weighted by Gasteiger charge is -2.08. The van der Waals surface area contributed by atoms with E-state index in [-0.39, 0.29) is 0 Å². The fourth-order valence-electron chi connectivity index (χ4n) is 3.13. The van der Waals surface area contributed by atoms with E-state index in [9.17, 15) is 9.59 Å². The fraction of sp³-hybridized carbons (Fsp3) is 0.182. The molecule has 4 rings (SSSR count). The zero-order valence-corrected chi connectivity index (χ0v) is 16.7. The SMILES string of the molecule is NC(=O)C(=O)N/N=C\c1cn(Cc2ccccc2)nc1-c1ccc2c(c1)OCCCO2. The molecule has 0 spiro atoms. The second-order valence-electron chi connectivity index (χ2n) is 6.89. The van der Waals surface area contributed by atoms with E-state index < -0.39 is 11.8 Å². The van der Waals surface area contributed by atoms with Crippen molar-refractivity contribution in [2.24, 2.45) is 10.8 Å². The van der Waals surface area contributed by atoms with Crippen LogP contribution in [-0.2, 0) is 16.1 Å². The van der Waals surface area contributed by atoms with E-state index in [4.69, 9.17) is 20.3 Å². The van der Waals surface area contributed by atoms with Crippen LogP contribution in [0.25, 0.3) is 11.3 Å². The molecule has 2 aromatic carbocycles. The summed E-state index contributed by atoms with van der Waals surface area (Å²) in [5, 5.41) is 8.54. The van der Waals surface area contributed by atoms with Gasteiger partial charge in [0.05, 0.1) is 26.0 Å². The summed E-state index contributed by atoms with van der Waals surface area (Å²) in [4.78, 5) is 22.3. The smallest absolute Gasteiger partial charge is 0.329 e. The number of ether oxygens (including phenoxy) is 2. The number of fused-ring (bicyclic) bond motifs is 1. The Morgan fingerprint density at radius 2 is 1.90 bits per heavy atom. The van der Waals surface area contributed by atoms with Gasteiger partial charge in [-0.15, -0.1) is 0 Å². The Morgan fingerprint density at radius 3 is 2.68 bits per heavy atom. The van der Waals surface area contributed by atoms with Crippen LogP contribution in [0.2, 0.25) is 0 Å². The van der Waals surface area contributed by atoms with Gasteiger partial charge in [-0.1, -0.05) is 30.3 Å².